The van der Waals surface area contributed by atoms with Gasteiger partial charge in [-0.05, 0) is 0 Å². The van der Waals surface area contributed by atoms with Crippen molar-refractivity contribution in [2.45, 2.75) is 0 Å². The topological polar surface area (TPSA) is 108 Å². The molecule has 0 saturated carbocycles. The van der Waals surface area contributed by atoms with Crippen molar-refractivity contribution in [2.24, 2.45) is 7.05 Å². The maximum atomic E-state index is 11.0. The molecule has 0 unspecified atom stereocenters. The predicted molar refractivity (Wildman–Crippen MR) is 61.7 cm³/mol. The average molecular weight is 250 g/mol. The Hall–Kier alpha value is -2.71. The molecule has 9 heteroatoms. The van der Waals surface area contributed by atoms with Gasteiger partial charge in [-0.25, -0.2) is 4.98 Å². The minimum atomic E-state index is -0.607. The molecule has 0 amide bonds. The number of nitrogens with one attached hydrogen (secondary N) is 1. The lowest BCUT2D eigenvalue weighted by atomic mass is 10.4. The van der Waals surface area contributed by atoms with Gasteiger partial charge in [-0.2, -0.15) is 10.1 Å². The summed E-state index contributed by atoms with van der Waals surface area (Å²) in [4.78, 5) is 17.9. The molecule has 2 heterocycles. The highest BCUT2D eigenvalue weighted by Gasteiger charge is 2.24. The summed E-state index contributed by atoms with van der Waals surface area (Å²) in [6, 6.07) is 1.66. The lowest BCUT2D eigenvalue weighted by Gasteiger charge is -2.05. The number of nitro groups is 1. The second-order valence-electron chi connectivity index (χ2n) is 3.34. The van der Waals surface area contributed by atoms with Crippen LogP contribution in [-0.2, 0) is 7.05 Å². The number of rotatable bonds is 4. The fourth-order valence-electron chi connectivity index (χ4n) is 1.37. The van der Waals surface area contributed by atoms with E-state index in [1.807, 2.05) is 0 Å². The SMILES string of the molecule is COc1ncnc(Nc2ccn(C)n2)c1[N+](=O)[O-]. The summed E-state index contributed by atoms with van der Waals surface area (Å²) in [6.45, 7) is 0. The van der Waals surface area contributed by atoms with Crippen LogP contribution in [-0.4, -0.2) is 31.8 Å². The van der Waals surface area contributed by atoms with Crippen molar-refractivity contribution in [1.82, 2.24) is 19.7 Å². The van der Waals surface area contributed by atoms with Crippen LogP contribution < -0.4 is 10.1 Å². The summed E-state index contributed by atoms with van der Waals surface area (Å²) >= 11 is 0. The normalized spacial score (nSPS) is 10.1. The van der Waals surface area contributed by atoms with Crippen molar-refractivity contribution in [1.29, 1.82) is 0 Å². The van der Waals surface area contributed by atoms with Crippen LogP contribution in [0.5, 0.6) is 5.88 Å². The van der Waals surface area contributed by atoms with E-state index in [9.17, 15) is 10.1 Å². The summed E-state index contributed by atoms with van der Waals surface area (Å²) in [5, 5.41) is 17.8. The lowest BCUT2D eigenvalue weighted by molar-refractivity contribution is -0.385. The molecule has 0 radical (unpaired) electrons. The monoisotopic (exact) mass is 250 g/mol. The van der Waals surface area contributed by atoms with Crippen molar-refractivity contribution in [3.8, 4) is 5.88 Å². The zero-order chi connectivity index (χ0) is 13.1. The number of ether oxygens (including phenoxy) is 1. The Kier molecular flexibility index (Phi) is 3.04. The third-order valence-electron chi connectivity index (χ3n) is 2.12. The van der Waals surface area contributed by atoms with Crippen LogP contribution >= 0.6 is 0 Å². The number of hydrogen-bond donors (Lipinski definition) is 1. The van der Waals surface area contributed by atoms with Crippen LogP contribution in [0.1, 0.15) is 0 Å². The van der Waals surface area contributed by atoms with E-state index < -0.39 is 4.92 Å². The summed E-state index contributed by atoms with van der Waals surface area (Å²) in [5.74, 6) is 0.375. The number of methoxy groups -OCH3 is 1. The van der Waals surface area contributed by atoms with Crippen molar-refractivity contribution in [2.75, 3.05) is 12.4 Å². The second-order valence-corrected chi connectivity index (χ2v) is 3.34. The van der Waals surface area contributed by atoms with Crippen molar-refractivity contribution in [3.05, 3.63) is 28.7 Å². The Morgan fingerprint density at radius 3 is 2.83 bits per heavy atom. The Bertz CT molecular complexity index is 581. The highest BCUT2D eigenvalue weighted by Crippen LogP contribution is 2.31. The molecule has 0 spiro atoms. The van der Waals surface area contributed by atoms with Gasteiger partial charge in [0.25, 0.3) is 5.88 Å². The molecule has 0 atom stereocenters. The Labute approximate surface area is 102 Å². The fraction of sp³-hybridized carbons (Fsp3) is 0.222. The van der Waals surface area contributed by atoms with E-state index in [0.29, 0.717) is 5.82 Å². The van der Waals surface area contributed by atoms with Gasteiger partial charge in [-0.15, -0.1) is 0 Å². The third-order valence-corrected chi connectivity index (χ3v) is 2.12. The second kappa shape index (κ2) is 4.65. The van der Waals surface area contributed by atoms with E-state index in [-0.39, 0.29) is 17.4 Å². The first kappa shape index (κ1) is 11.8. The third kappa shape index (κ3) is 2.19. The molecule has 0 aliphatic rings. The van der Waals surface area contributed by atoms with Crippen molar-refractivity contribution >= 4 is 17.3 Å². The maximum absolute atomic E-state index is 11.0. The predicted octanol–water partition coefficient (Wildman–Crippen LogP) is 0.870. The highest BCUT2D eigenvalue weighted by molar-refractivity contribution is 5.66. The zero-order valence-corrected chi connectivity index (χ0v) is 9.69. The standard InChI is InChI=1S/C9H10N6O3/c1-14-4-3-6(13-14)12-8-7(15(16)17)9(18-2)11-5-10-8/h3-5H,1-2H3,(H,10,11,12,13). The van der Waals surface area contributed by atoms with Gasteiger partial charge in [0.2, 0.25) is 5.82 Å². The summed E-state index contributed by atoms with van der Waals surface area (Å²) in [5.41, 5.74) is -0.328. The van der Waals surface area contributed by atoms with Gasteiger partial charge in [-0.3, -0.25) is 14.8 Å². The van der Waals surface area contributed by atoms with E-state index in [2.05, 4.69) is 20.4 Å². The van der Waals surface area contributed by atoms with Gasteiger partial charge in [-0.1, -0.05) is 0 Å². The summed E-state index contributed by atoms with van der Waals surface area (Å²) in [7, 11) is 3.04. The van der Waals surface area contributed by atoms with Gasteiger partial charge in [0, 0.05) is 19.3 Å². The molecule has 0 bridgehead atoms. The van der Waals surface area contributed by atoms with Gasteiger partial charge >= 0.3 is 5.69 Å². The van der Waals surface area contributed by atoms with Crippen molar-refractivity contribution in [3.63, 3.8) is 0 Å². The number of nitrogens with zero attached hydrogens (tertiary/aromatic N) is 5. The molecule has 1 N–H and O–H groups in total. The first-order chi connectivity index (χ1) is 8.61. The molecule has 94 valence electrons. The van der Waals surface area contributed by atoms with Crippen LogP contribution in [0.25, 0.3) is 0 Å². The summed E-state index contributed by atoms with van der Waals surface area (Å²) in [6.07, 6.45) is 2.88. The molecular formula is C9H10N6O3. The minimum Gasteiger partial charge on any atom is -0.476 e. The van der Waals surface area contributed by atoms with Crippen LogP contribution in [0, 0.1) is 10.1 Å². The van der Waals surface area contributed by atoms with Gasteiger partial charge in [0.1, 0.15) is 6.33 Å². The molecular weight excluding hydrogens is 240 g/mol. The molecule has 0 aromatic carbocycles. The quantitative estimate of drug-likeness (QED) is 0.633. The largest absolute Gasteiger partial charge is 0.476 e. The van der Waals surface area contributed by atoms with Crippen LogP contribution in [0.4, 0.5) is 17.3 Å². The number of aryl methyl sites for hydroxylation is 1. The van der Waals surface area contributed by atoms with Crippen LogP contribution in [0.15, 0.2) is 18.6 Å². The minimum absolute atomic E-state index is 0.0329. The van der Waals surface area contributed by atoms with E-state index >= 15 is 0 Å². The van der Waals surface area contributed by atoms with E-state index in [4.69, 9.17) is 4.74 Å². The molecule has 2 aromatic rings. The fourth-order valence-corrected chi connectivity index (χ4v) is 1.37. The Morgan fingerprint density at radius 2 is 2.28 bits per heavy atom. The average Bonchev–Trinajstić information content (AvgIpc) is 2.74. The highest BCUT2D eigenvalue weighted by atomic mass is 16.6. The van der Waals surface area contributed by atoms with E-state index in [0.717, 1.165) is 0 Å². The first-order valence-corrected chi connectivity index (χ1v) is 4.92. The first-order valence-electron chi connectivity index (χ1n) is 4.92. The smallest absolute Gasteiger partial charge is 0.373 e. The summed E-state index contributed by atoms with van der Waals surface area (Å²) < 4.78 is 6.39. The van der Waals surface area contributed by atoms with Crippen molar-refractivity contribution < 1.29 is 9.66 Å². The number of aromatic nitrogens is 4. The molecule has 0 aliphatic carbocycles. The molecule has 0 fully saturated rings. The van der Waals surface area contributed by atoms with Crippen LogP contribution in [0.2, 0.25) is 0 Å². The zero-order valence-electron chi connectivity index (χ0n) is 9.69. The Morgan fingerprint density at radius 1 is 1.50 bits per heavy atom. The van der Waals surface area contributed by atoms with E-state index in [1.165, 1.54) is 13.4 Å². The molecule has 0 aliphatic heterocycles. The maximum Gasteiger partial charge on any atom is 0.373 e. The Balaban J connectivity index is 2.41. The molecule has 0 saturated heterocycles. The molecule has 2 aromatic heterocycles. The lowest BCUT2D eigenvalue weighted by Crippen LogP contribution is -2.04. The number of hydrogen-bond acceptors (Lipinski definition) is 7. The molecule has 18 heavy (non-hydrogen) atoms. The van der Waals surface area contributed by atoms with Gasteiger partial charge < -0.3 is 10.1 Å². The van der Waals surface area contributed by atoms with Crippen LogP contribution in [0.3, 0.4) is 0 Å². The molecule has 9 nitrogen and oxygen atoms in total. The van der Waals surface area contributed by atoms with Gasteiger partial charge in [0.05, 0.1) is 12.0 Å². The van der Waals surface area contributed by atoms with Gasteiger partial charge in [0.15, 0.2) is 5.82 Å². The molecule has 2 rings (SSSR count). The van der Waals surface area contributed by atoms with E-state index in [1.54, 1.807) is 24.0 Å². The number of anilines is 2.